The first kappa shape index (κ1) is 22.0. The third-order valence-electron chi connectivity index (χ3n) is 5.16. The lowest BCUT2D eigenvalue weighted by atomic mass is 10.1. The van der Waals surface area contributed by atoms with E-state index in [1.165, 1.54) is 8.61 Å². The van der Waals surface area contributed by atoms with Crippen LogP contribution in [-0.2, 0) is 32.2 Å². The number of hydrogen-bond donors (Lipinski definition) is 0. The zero-order chi connectivity index (χ0) is 20.9. The Balaban J connectivity index is 1.63. The lowest BCUT2D eigenvalue weighted by Gasteiger charge is -2.33. The second-order valence-electron chi connectivity index (χ2n) is 7.29. The van der Waals surface area contributed by atoms with Crippen molar-refractivity contribution in [3.63, 3.8) is 0 Å². The Morgan fingerprint density at radius 2 is 1.34 bits per heavy atom. The molecule has 0 radical (unpaired) electrons. The smallest absolute Gasteiger partial charge is 0.212 e. The van der Waals surface area contributed by atoms with E-state index in [-0.39, 0.29) is 36.8 Å². The lowest BCUT2D eigenvalue weighted by molar-refractivity contribution is 0.272. The number of nitrogens with zero attached hydrogens (tertiary/aromatic N) is 2. The van der Waals surface area contributed by atoms with Crippen LogP contribution in [0.4, 0.5) is 0 Å². The molecule has 29 heavy (non-hydrogen) atoms. The highest BCUT2D eigenvalue weighted by atomic mass is 32.2. The van der Waals surface area contributed by atoms with Gasteiger partial charge < -0.3 is 0 Å². The molecule has 1 heterocycles. The molecule has 1 saturated heterocycles. The van der Waals surface area contributed by atoms with Gasteiger partial charge in [-0.05, 0) is 36.1 Å². The molecule has 3 rings (SSSR count). The molecule has 0 N–H and O–H groups in total. The Labute approximate surface area is 174 Å². The van der Waals surface area contributed by atoms with E-state index in [1.54, 1.807) is 24.3 Å². The summed E-state index contributed by atoms with van der Waals surface area (Å²) in [5, 5.41) is 0. The molecule has 2 aromatic carbocycles. The van der Waals surface area contributed by atoms with E-state index in [9.17, 15) is 16.8 Å². The summed E-state index contributed by atoms with van der Waals surface area (Å²) in [5.74, 6) is -0.0696. The minimum atomic E-state index is -3.62. The molecule has 1 aliphatic rings. The maximum Gasteiger partial charge on any atom is 0.243 e. The molecule has 2 aromatic rings. The predicted octanol–water partition coefficient (Wildman–Crippen LogP) is 2.87. The molecule has 0 atom stereocenters. The maximum atomic E-state index is 12.9. The van der Waals surface area contributed by atoms with Crippen LogP contribution in [0.3, 0.4) is 0 Å². The standard InChI is InChI=1S/C21H28N2O4S2/c1-2-3-7-19-10-12-21(13-11-19)29(26,27)23-16-14-22(15-17-23)28(24,25)18-20-8-5-4-6-9-20/h4-6,8-13H,2-3,7,14-18H2,1H3. The molecule has 0 saturated carbocycles. The van der Waals surface area contributed by atoms with Crippen LogP contribution in [0.5, 0.6) is 0 Å². The van der Waals surface area contributed by atoms with Gasteiger partial charge in [0.1, 0.15) is 0 Å². The topological polar surface area (TPSA) is 74.8 Å². The molecule has 6 nitrogen and oxygen atoms in total. The predicted molar refractivity (Wildman–Crippen MR) is 114 cm³/mol. The zero-order valence-electron chi connectivity index (χ0n) is 16.7. The summed E-state index contributed by atoms with van der Waals surface area (Å²) in [6.45, 7) is 2.78. The number of sulfonamides is 2. The van der Waals surface area contributed by atoms with Gasteiger partial charge in [-0.1, -0.05) is 55.8 Å². The van der Waals surface area contributed by atoms with Crippen LogP contribution in [-0.4, -0.2) is 51.6 Å². The minimum absolute atomic E-state index is 0.0696. The van der Waals surface area contributed by atoms with Crippen molar-refractivity contribution < 1.29 is 16.8 Å². The normalized spacial score (nSPS) is 16.7. The Bertz CT molecular complexity index is 996. The quantitative estimate of drug-likeness (QED) is 0.638. The number of rotatable bonds is 8. The number of unbranched alkanes of at least 4 members (excludes halogenated alkanes) is 1. The molecular weight excluding hydrogens is 408 g/mol. The van der Waals surface area contributed by atoms with Crippen LogP contribution in [0.15, 0.2) is 59.5 Å². The third kappa shape index (κ3) is 5.45. The zero-order valence-corrected chi connectivity index (χ0v) is 18.3. The van der Waals surface area contributed by atoms with Crippen LogP contribution < -0.4 is 0 Å². The van der Waals surface area contributed by atoms with Gasteiger partial charge in [0, 0.05) is 26.2 Å². The Morgan fingerprint density at radius 3 is 1.93 bits per heavy atom. The van der Waals surface area contributed by atoms with Crippen molar-refractivity contribution >= 4 is 20.0 Å². The number of piperazine rings is 1. The van der Waals surface area contributed by atoms with Gasteiger partial charge >= 0.3 is 0 Å². The average molecular weight is 437 g/mol. The van der Waals surface area contributed by atoms with E-state index >= 15 is 0 Å². The number of benzene rings is 2. The van der Waals surface area contributed by atoms with E-state index in [1.807, 2.05) is 30.3 Å². The van der Waals surface area contributed by atoms with Gasteiger partial charge in [0.15, 0.2) is 0 Å². The second kappa shape index (κ2) is 9.38. The van der Waals surface area contributed by atoms with Gasteiger partial charge in [-0.3, -0.25) is 0 Å². The summed E-state index contributed by atoms with van der Waals surface area (Å²) in [4.78, 5) is 0.262. The van der Waals surface area contributed by atoms with E-state index in [4.69, 9.17) is 0 Å². The fourth-order valence-corrected chi connectivity index (χ4v) is 6.36. The highest BCUT2D eigenvalue weighted by molar-refractivity contribution is 7.89. The molecular formula is C21H28N2O4S2. The molecule has 0 aliphatic carbocycles. The lowest BCUT2D eigenvalue weighted by Crippen LogP contribution is -2.50. The number of aryl methyl sites for hydroxylation is 1. The van der Waals surface area contributed by atoms with Crippen molar-refractivity contribution in [1.29, 1.82) is 0 Å². The van der Waals surface area contributed by atoms with Gasteiger partial charge in [-0.15, -0.1) is 0 Å². The van der Waals surface area contributed by atoms with Crippen molar-refractivity contribution in [1.82, 2.24) is 8.61 Å². The van der Waals surface area contributed by atoms with Gasteiger partial charge in [0.2, 0.25) is 20.0 Å². The van der Waals surface area contributed by atoms with E-state index in [0.29, 0.717) is 0 Å². The SMILES string of the molecule is CCCCc1ccc(S(=O)(=O)N2CCN(S(=O)(=O)Cc3ccccc3)CC2)cc1. The van der Waals surface area contributed by atoms with E-state index in [2.05, 4.69) is 6.92 Å². The first-order valence-electron chi connectivity index (χ1n) is 9.94. The van der Waals surface area contributed by atoms with E-state index in [0.717, 1.165) is 30.4 Å². The van der Waals surface area contributed by atoms with Gasteiger partial charge in [0.05, 0.1) is 10.6 Å². The van der Waals surface area contributed by atoms with Crippen LogP contribution in [0.1, 0.15) is 30.9 Å². The van der Waals surface area contributed by atoms with Crippen LogP contribution in [0, 0.1) is 0 Å². The molecule has 0 aromatic heterocycles. The molecule has 0 amide bonds. The van der Waals surface area contributed by atoms with Crippen molar-refractivity contribution in [3.8, 4) is 0 Å². The van der Waals surface area contributed by atoms with Crippen LogP contribution >= 0.6 is 0 Å². The van der Waals surface area contributed by atoms with Crippen molar-refractivity contribution in [2.45, 2.75) is 36.8 Å². The highest BCUT2D eigenvalue weighted by Gasteiger charge is 2.32. The molecule has 158 valence electrons. The molecule has 0 spiro atoms. The van der Waals surface area contributed by atoms with Crippen molar-refractivity contribution in [2.24, 2.45) is 0 Å². The Kier molecular flexibility index (Phi) is 7.10. The Hall–Kier alpha value is -1.74. The van der Waals surface area contributed by atoms with E-state index < -0.39 is 20.0 Å². The van der Waals surface area contributed by atoms with Crippen molar-refractivity contribution in [3.05, 3.63) is 65.7 Å². The van der Waals surface area contributed by atoms with Gasteiger partial charge in [-0.25, -0.2) is 16.8 Å². The monoisotopic (exact) mass is 436 g/mol. The van der Waals surface area contributed by atoms with Gasteiger partial charge in [-0.2, -0.15) is 8.61 Å². The molecule has 1 fully saturated rings. The van der Waals surface area contributed by atoms with Crippen LogP contribution in [0.25, 0.3) is 0 Å². The summed E-state index contributed by atoms with van der Waals surface area (Å²) in [6, 6.07) is 16.1. The Morgan fingerprint density at radius 1 is 0.759 bits per heavy atom. The van der Waals surface area contributed by atoms with Gasteiger partial charge in [0.25, 0.3) is 0 Å². The minimum Gasteiger partial charge on any atom is -0.212 e. The van der Waals surface area contributed by atoms with Crippen molar-refractivity contribution in [2.75, 3.05) is 26.2 Å². The maximum absolute atomic E-state index is 12.9. The van der Waals surface area contributed by atoms with Crippen LogP contribution in [0.2, 0.25) is 0 Å². The summed E-state index contributed by atoms with van der Waals surface area (Å²) in [7, 11) is -7.09. The third-order valence-corrected chi connectivity index (χ3v) is 8.93. The molecule has 0 bridgehead atoms. The summed E-state index contributed by atoms with van der Waals surface area (Å²) >= 11 is 0. The largest absolute Gasteiger partial charge is 0.243 e. The number of hydrogen-bond acceptors (Lipinski definition) is 4. The molecule has 0 unspecified atom stereocenters. The average Bonchev–Trinajstić information content (AvgIpc) is 2.73. The highest BCUT2D eigenvalue weighted by Crippen LogP contribution is 2.21. The first-order chi connectivity index (χ1) is 13.8. The fourth-order valence-electron chi connectivity index (χ4n) is 3.42. The summed E-state index contributed by atoms with van der Waals surface area (Å²) in [6.07, 6.45) is 3.11. The first-order valence-corrected chi connectivity index (χ1v) is 13.0. The summed E-state index contributed by atoms with van der Waals surface area (Å²) in [5.41, 5.74) is 1.85. The second-order valence-corrected chi connectivity index (χ2v) is 11.2. The summed E-state index contributed by atoms with van der Waals surface area (Å²) < 4.78 is 53.9. The molecule has 1 aliphatic heterocycles. The fraction of sp³-hybridized carbons (Fsp3) is 0.429. The molecule has 8 heteroatoms.